The van der Waals surface area contributed by atoms with Crippen molar-refractivity contribution in [2.45, 2.75) is 6.61 Å². The molecular formula is C20H18F3NO6. The number of carbonyl (C=O) groups excluding carboxylic acids is 2. The second-order valence-corrected chi connectivity index (χ2v) is 5.64. The molecule has 7 nitrogen and oxygen atoms in total. The highest BCUT2D eigenvalue weighted by atomic mass is 19.3. The van der Waals surface area contributed by atoms with E-state index in [0.29, 0.717) is 5.56 Å². The summed E-state index contributed by atoms with van der Waals surface area (Å²) in [7, 11) is 3.63. The lowest BCUT2D eigenvalue weighted by molar-refractivity contribution is -0.111. The van der Waals surface area contributed by atoms with E-state index in [1.54, 1.807) is 0 Å². The van der Waals surface area contributed by atoms with E-state index in [9.17, 15) is 22.8 Å². The standard InChI is InChI=1S/C20H18F3NO6/c1-27-15-6-4-11(8-13(15)21)5-7-18(25)24-14-10-17(30-20(22)23)16(28-2)9-12(14)19(26)29-3/h4-10,20H,1-3H3,(H,24,25)/b7-5+. The molecule has 0 heterocycles. The van der Waals surface area contributed by atoms with E-state index in [1.807, 2.05) is 0 Å². The Balaban J connectivity index is 2.31. The number of ether oxygens (including phenoxy) is 4. The molecule has 0 atom stereocenters. The van der Waals surface area contributed by atoms with Gasteiger partial charge < -0.3 is 24.3 Å². The third-order valence-corrected chi connectivity index (χ3v) is 3.79. The molecule has 0 spiro atoms. The van der Waals surface area contributed by atoms with E-state index < -0.39 is 30.1 Å². The number of hydrogen-bond acceptors (Lipinski definition) is 6. The lowest BCUT2D eigenvalue weighted by Crippen LogP contribution is -2.14. The minimum atomic E-state index is -3.16. The van der Waals surface area contributed by atoms with Gasteiger partial charge >= 0.3 is 12.6 Å². The fourth-order valence-corrected chi connectivity index (χ4v) is 2.42. The van der Waals surface area contributed by atoms with Crippen LogP contribution >= 0.6 is 0 Å². The number of rotatable bonds is 8. The third kappa shape index (κ3) is 5.66. The Morgan fingerprint density at radius 2 is 1.70 bits per heavy atom. The Morgan fingerprint density at radius 1 is 1.00 bits per heavy atom. The van der Waals surface area contributed by atoms with Crippen molar-refractivity contribution in [3.63, 3.8) is 0 Å². The van der Waals surface area contributed by atoms with E-state index in [0.717, 1.165) is 31.4 Å². The van der Waals surface area contributed by atoms with Crippen molar-refractivity contribution in [3.05, 3.63) is 53.4 Å². The number of hydrogen-bond donors (Lipinski definition) is 1. The normalized spacial score (nSPS) is 10.8. The van der Waals surface area contributed by atoms with E-state index in [-0.39, 0.29) is 22.7 Å². The fourth-order valence-electron chi connectivity index (χ4n) is 2.42. The number of amides is 1. The topological polar surface area (TPSA) is 83.1 Å². The number of benzene rings is 2. The predicted molar refractivity (Wildman–Crippen MR) is 102 cm³/mol. The van der Waals surface area contributed by atoms with Gasteiger partial charge in [0.1, 0.15) is 0 Å². The highest BCUT2D eigenvalue weighted by Gasteiger charge is 2.20. The zero-order chi connectivity index (χ0) is 22.3. The van der Waals surface area contributed by atoms with Crippen LogP contribution in [0.4, 0.5) is 18.9 Å². The zero-order valence-electron chi connectivity index (χ0n) is 16.2. The van der Waals surface area contributed by atoms with Crippen LogP contribution in [0.3, 0.4) is 0 Å². The molecule has 0 bridgehead atoms. The van der Waals surface area contributed by atoms with Crippen molar-refractivity contribution in [2.24, 2.45) is 0 Å². The van der Waals surface area contributed by atoms with Crippen molar-refractivity contribution < 1.29 is 41.7 Å². The fraction of sp³-hybridized carbons (Fsp3) is 0.200. The van der Waals surface area contributed by atoms with Crippen LogP contribution in [-0.2, 0) is 9.53 Å². The van der Waals surface area contributed by atoms with Gasteiger partial charge in [0.25, 0.3) is 0 Å². The first-order chi connectivity index (χ1) is 14.3. The molecule has 2 rings (SSSR count). The number of carbonyl (C=O) groups is 2. The Labute approximate surface area is 170 Å². The van der Waals surface area contributed by atoms with Gasteiger partial charge in [-0.3, -0.25) is 4.79 Å². The lowest BCUT2D eigenvalue weighted by atomic mass is 10.1. The van der Waals surface area contributed by atoms with Crippen LogP contribution in [0.25, 0.3) is 6.08 Å². The minimum Gasteiger partial charge on any atom is -0.494 e. The number of esters is 1. The van der Waals surface area contributed by atoms with Gasteiger partial charge in [0.2, 0.25) is 5.91 Å². The summed E-state index contributed by atoms with van der Waals surface area (Å²) in [4.78, 5) is 24.3. The summed E-state index contributed by atoms with van der Waals surface area (Å²) >= 11 is 0. The van der Waals surface area contributed by atoms with Crippen LogP contribution in [0.1, 0.15) is 15.9 Å². The molecule has 0 aliphatic rings. The summed E-state index contributed by atoms with van der Waals surface area (Å²) in [6.45, 7) is -3.16. The minimum absolute atomic E-state index is 0.0455. The van der Waals surface area contributed by atoms with Gasteiger partial charge in [-0.25, -0.2) is 9.18 Å². The average Bonchev–Trinajstić information content (AvgIpc) is 2.71. The molecule has 1 amide bonds. The molecule has 0 saturated carbocycles. The van der Waals surface area contributed by atoms with Crippen molar-refractivity contribution in [3.8, 4) is 17.2 Å². The predicted octanol–water partition coefficient (Wildman–Crippen LogP) is 3.88. The largest absolute Gasteiger partial charge is 0.494 e. The van der Waals surface area contributed by atoms with Crippen LogP contribution < -0.4 is 19.5 Å². The van der Waals surface area contributed by atoms with Gasteiger partial charge in [-0.15, -0.1) is 0 Å². The molecule has 0 unspecified atom stereocenters. The maximum absolute atomic E-state index is 13.7. The molecule has 1 N–H and O–H groups in total. The number of nitrogens with one attached hydrogen (secondary N) is 1. The molecule has 0 aliphatic carbocycles. The maximum Gasteiger partial charge on any atom is 0.387 e. The van der Waals surface area contributed by atoms with Gasteiger partial charge in [-0.05, 0) is 23.8 Å². The summed E-state index contributed by atoms with van der Waals surface area (Å²) < 4.78 is 57.8. The first kappa shape index (κ1) is 22.6. The SMILES string of the molecule is COC(=O)c1cc(OC)c(OC(F)F)cc1NC(=O)/C=C/c1ccc(OC)c(F)c1. The van der Waals surface area contributed by atoms with E-state index in [2.05, 4.69) is 14.8 Å². The van der Waals surface area contributed by atoms with Crippen LogP contribution in [0, 0.1) is 5.82 Å². The molecular weight excluding hydrogens is 407 g/mol. The van der Waals surface area contributed by atoms with Gasteiger partial charge in [0.15, 0.2) is 23.1 Å². The summed E-state index contributed by atoms with van der Waals surface area (Å²) in [6, 6.07) is 6.18. The second-order valence-electron chi connectivity index (χ2n) is 5.64. The first-order valence-corrected chi connectivity index (χ1v) is 8.36. The smallest absolute Gasteiger partial charge is 0.387 e. The van der Waals surface area contributed by atoms with Gasteiger partial charge in [-0.1, -0.05) is 6.07 Å². The second kappa shape index (κ2) is 10.2. The molecule has 10 heteroatoms. The Bertz CT molecular complexity index is 962. The van der Waals surface area contributed by atoms with Crippen molar-refractivity contribution >= 4 is 23.6 Å². The number of methoxy groups -OCH3 is 3. The summed E-state index contributed by atoms with van der Waals surface area (Å²) in [5.74, 6) is -2.67. The average molecular weight is 425 g/mol. The lowest BCUT2D eigenvalue weighted by Gasteiger charge is -2.15. The van der Waals surface area contributed by atoms with Crippen LogP contribution in [0.5, 0.6) is 17.2 Å². The molecule has 0 aromatic heterocycles. The van der Waals surface area contributed by atoms with Gasteiger partial charge in [0, 0.05) is 18.2 Å². The summed E-state index contributed by atoms with van der Waals surface area (Å²) in [6.07, 6.45) is 2.38. The van der Waals surface area contributed by atoms with E-state index in [1.165, 1.54) is 32.4 Å². The molecule has 160 valence electrons. The molecule has 2 aromatic carbocycles. The monoisotopic (exact) mass is 425 g/mol. The zero-order valence-corrected chi connectivity index (χ0v) is 16.2. The van der Waals surface area contributed by atoms with Crippen molar-refractivity contribution in [1.82, 2.24) is 0 Å². The highest BCUT2D eigenvalue weighted by molar-refractivity contribution is 6.07. The van der Waals surface area contributed by atoms with Crippen molar-refractivity contribution in [2.75, 3.05) is 26.6 Å². The van der Waals surface area contributed by atoms with Crippen LogP contribution in [-0.4, -0.2) is 39.8 Å². The van der Waals surface area contributed by atoms with Crippen LogP contribution in [0.15, 0.2) is 36.4 Å². The molecule has 0 saturated heterocycles. The van der Waals surface area contributed by atoms with E-state index >= 15 is 0 Å². The highest BCUT2D eigenvalue weighted by Crippen LogP contribution is 2.35. The molecule has 0 fully saturated rings. The third-order valence-electron chi connectivity index (χ3n) is 3.79. The first-order valence-electron chi connectivity index (χ1n) is 8.36. The summed E-state index contributed by atoms with van der Waals surface area (Å²) in [5, 5.41) is 2.37. The van der Waals surface area contributed by atoms with Crippen LogP contribution in [0.2, 0.25) is 0 Å². The quantitative estimate of drug-likeness (QED) is 0.511. The van der Waals surface area contributed by atoms with Gasteiger partial charge in [-0.2, -0.15) is 8.78 Å². The molecule has 0 aliphatic heterocycles. The maximum atomic E-state index is 13.7. The summed E-state index contributed by atoms with van der Waals surface area (Å²) in [5.41, 5.74) is 0.0789. The number of halogens is 3. The Kier molecular flexibility index (Phi) is 7.68. The Morgan fingerprint density at radius 3 is 2.27 bits per heavy atom. The molecule has 30 heavy (non-hydrogen) atoms. The molecule has 0 radical (unpaired) electrons. The number of alkyl halides is 2. The Hall–Kier alpha value is -3.69. The van der Waals surface area contributed by atoms with Gasteiger partial charge in [0.05, 0.1) is 32.6 Å². The molecule has 2 aromatic rings. The van der Waals surface area contributed by atoms with E-state index in [4.69, 9.17) is 9.47 Å². The number of anilines is 1. The van der Waals surface area contributed by atoms with Crippen molar-refractivity contribution in [1.29, 1.82) is 0 Å².